The van der Waals surface area contributed by atoms with E-state index in [9.17, 15) is 18.4 Å². The van der Waals surface area contributed by atoms with E-state index in [2.05, 4.69) is 5.32 Å². The predicted molar refractivity (Wildman–Crippen MR) is 64.9 cm³/mol. The molecule has 1 aromatic rings. The second-order valence-electron chi connectivity index (χ2n) is 4.24. The van der Waals surface area contributed by atoms with Gasteiger partial charge in [-0.15, -0.1) is 0 Å². The number of aliphatic hydroxyl groups is 1. The van der Waals surface area contributed by atoms with Crippen LogP contribution in [0, 0.1) is 0 Å². The number of halogens is 2. The number of carbonyl (C=O) groups excluding carboxylic acids is 2. The largest absolute Gasteiger partial charge is 0.482 e. The zero-order valence-electron chi connectivity index (χ0n) is 10.3. The van der Waals surface area contributed by atoms with Crippen LogP contribution in [0.1, 0.15) is 10.4 Å². The zero-order chi connectivity index (χ0) is 14.8. The number of benzene rings is 1. The van der Waals surface area contributed by atoms with Crippen LogP contribution >= 0.6 is 0 Å². The minimum Gasteiger partial charge on any atom is -0.482 e. The van der Waals surface area contributed by atoms with Crippen LogP contribution in [0.15, 0.2) is 18.2 Å². The molecule has 20 heavy (non-hydrogen) atoms. The molecule has 2 amide bonds. The van der Waals surface area contributed by atoms with E-state index in [0.29, 0.717) is 11.4 Å². The van der Waals surface area contributed by atoms with Crippen molar-refractivity contribution >= 4 is 17.5 Å². The molecule has 0 atom stereocenters. The molecule has 1 aliphatic heterocycles. The number of fused-ring (bicyclic) bond motifs is 1. The Morgan fingerprint density at radius 3 is 2.95 bits per heavy atom. The van der Waals surface area contributed by atoms with Gasteiger partial charge in [-0.05, 0) is 18.2 Å². The molecule has 0 saturated carbocycles. The molecule has 0 fully saturated rings. The molecule has 3 N–H and O–H groups in total. The molecule has 0 radical (unpaired) electrons. The number of alkyl halides is 2. The Bertz CT molecular complexity index is 548. The Kier molecular flexibility index (Phi) is 3.84. The molecule has 8 heteroatoms. The van der Waals surface area contributed by atoms with E-state index < -0.39 is 25.0 Å². The number of aliphatic hydroxyl groups excluding tert-OH is 1. The summed E-state index contributed by atoms with van der Waals surface area (Å²) in [5.41, 5.74) is 0.408. The van der Waals surface area contributed by atoms with Crippen LogP contribution in [-0.4, -0.2) is 42.6 Å². The van der Waals surface area contributed by atoms with Crippen molar-refractivity contribution in [3.05, 3.63) is 23.8 Å². The van der Waals surface area contributed by atoms with Gasteiger partial charge in [-0.1, -0.05) is 0 Å². The van der Waals surface area contributed by atoms with Gasteiger partial charge in [0.15, 0.2) is 6.61 Å². The number of nitrogens with one attached hydrogen (secondary N) is 2. The van der Waals surface area contributed by atoms with Gasteiger partial charge >= 0.3 is 0 Å². The summed E-state index contributed by atoms with van der Waals surface area (Å²) < 4.78 is 30.7. The predicted octanol–water partition coefficient (Wildman–Crippen LogP) is 0.375. The monoisotopic (exact) mass is 286 g/mol. The number of anilines is 1. The number of amides is 2. The van der Waals surface area contributed by atoms with Crippen molar-refractivity contribution in [3.63, 3.8) is 0 Å². The summed E-state index contributed by atoms with van der Waals surface area (Å²) in [6.45, 7) is -2.43. The van der Waals surface area contributed by atoms with E-state index in [-0.39, 0.29) is 18.1 Å². The number of hydrogen-bond donors (Lipinski definition) is 3. The highest BCUT2D eigenvalue weighted by Gasteiger charge is 2.28. The van der Waals surface area contributed by atoms with Gasteiger partial charge < -0.3 is 20.5 Å². The normalized spacial score (nSPS) is 14.1. The Labute approximate surface area is 112 Å². The number of rotatable bonds is 4. The van der Waals surface area contributed by atoms with Crippen molar-refractivity contribution in [2.45, 2.75) is 5.92 Å². The third kappa shape index (κ3) is 3.21. The molecule has 1 heterocycles. The molecule has 1 aliphatic rings. The average Bonchev–Trinajstić information content (AvgIpc) is 2.44. The van der Waals surface area contributed by atoms with Gasteiger partial charge in [0.2, 0.25) is 0 Å². The zero-order valence-corrected chi connectivity index (χ0v) is 10.3. The third-order valence-electron chi connectivity index (χ3n) is 2.61. The molecule has 0 spiro atoms. The summed E-state index contributed by atoms with van der Waals surface area (Å²) in [5.74, 6) is -4.06. The molecule has 108 valence electrons. The Morgan fingerprint density at radius 2 is 2.25 bits per heavy atom. The van der Waals surface area contributed by atoms with Crippen molar-refractivity contribution in [1.29, 1.82) is 0 Å². The lowest BCUT2D eigenvalue weighted by molar-refractivity contribution is -0.118. The highest BCUT2D eigenvalue weighted by atomic mass is 19.3. The van der Waals surface area contributed by atoms with Crippen molar-refractivity contribution < 1.29 is 28.2 Å². The van der Waals surface area contributed by atoms with E-state index in [1.807, 2.05) is 5.32 Å². The first-order valence-electron chi connectivity index (χ1n) is 5.75. The van der Waals surface area contributed by atoms with Crippen molar-refractivity contribution in [2.24, 2.45) is 0 Å². The molecule has 1 aromatic carbocycles. The maximum Gasteiger partial charge on any atom is 0.287 e. The first-order chi connectivity index (χ1) is 9.41. The fraction of sp³-hybridized carbons (Fsp3) is 0.333. The van der Waals surface area contributed by atoms with Gasteiger partial charge in [-0.2, -0.15) is 0 Å². The van der Waals surface area contributed by atoms with Crippen LogP contribution in [0.25, 0.3) is 0 Å². The van der Waals surface area contributed by atoms with Crippen LogP contribution in [0.5, 0.6) is 5.75 Å². The van der Waals surface area contributed by atoms with Crippen LogP contribution in [0.3, 0.4) is 0 Å². The highest BCUT2D eigenvalue weighted by Crippen LogP contribution is 2.28. The van der Waals surface area contributed by atoms with Crippen LogP contribution in [0.2, 0.25) is 0 Å². The minimum atomic E-state index is -3.37. The van der Waals surface area contributed by atoms with E-state index in [1.54, 1.807) is 0 Å². The summed E-state index contributed by atoms with van der Waals surface area (Å²) in [6.07, 6.45) is 0. The summed E-state index contributed by atoms with van der Waals surface area (Å²) in [7, 11) is 0. The van der Waals surface area contributed by atoms with Gasteiger partial charge in [-0.3, -0.25) is 9.59 Å². The average molecular weight is 286 g/mol. The molecule has 0 bridgehead atoms. The van der Waals surface area contributed by atoms with E-state index in [4.69, 9.17) is 9.84 Å². The first kappa shape index (κ1) is 14.2. The second kappa shape index (κ2) is 5.41. The Morgan fingerprint density at radius 1 is 1.50 bits per heavy atom. The fourth-order valence-electron chi connectivity index (χ4n) is 1.59. The second-order valence-corrected chi connectivity index (χ2v) is 4.24. The van der Waals surface area contributed by atoms with Gasteiger partial charge in [0.1, 0.15) is 12.4 Å². The van der Waals surface area contributed by atoms with Gasteiger partial charge in [0.05, 0.1) is 12.2 Å². The number of ether oxygens (including phenoxy) is 1. The fourth-order valence-corrected chi connectivity index (χ4v) is 1.59. The molecule has 0 unspecified atom stereocenters. The molecule has 6 nitrogen and oxygen atoms in total. The lowest BCUT2D eigenvalue weighted by Crippen LogP contribution is -2.39. The maximum atomic E-state index is 12.8. The molecular weight excluding hydrogens is 274 g/mol. The van der Waals surface area contributed by atoms with Crippen LogP contribution < -0.4 is 15.4 Å². The van der Waals surface area contributed by atoms with Crippen LogP contribution in [-0.2, 0) is 4.79 Å². The quantitative estimate of drug-likeness (QED) is 0.746. The van der Waals surface area contributed by atoms with E-state index in [0.717, 1.165) is 0 Å². The van der Waals surface area contributed by atoms with Gasteiger partial charge in [0.25, 0.3) is 17.7 Å². The molecule has 2 rings (SSSR count). The third-order valence-corrected chi connectivity index (χ3v) is 2.61. The van der Waals surface area contributed by atoms with Crippen molar-refractivity contribution in [3.8, 4) is 5.75 Å². The van der Waals surface area contributed by atoms with Crippen LogP contribution in [0.4, 0.5) is 14.5 Å². The summed E-state index contributed by atoms with van der Waals surface area (Å²) >= 11 is 0. The maximum absolute atomic E-state index is 12.8. The van der Waals surface area contributed by atoms with Gasteiger partial charge in [0, 0.05) is 5.56 Å². The SMILES string of the molecule is O=C1COc2ccc(C(=O)NCC(F)(F)CO)cc2N1. The smallest absolute Gasteiger partial charge is 0.287 e. The number of hydrogen-bond acceptors (Lipinski definition) is 4. The first-order valence-corrected chi connectivity index (χ1v) is 5.75. The van der Waals surface area contributed by atoms with Gasteiger partial charge in [-0.25, -0.2) is 8.78 Å². The topological polar surface area (TPSA) is 87.7 Å². The summed E-state index contributed by atoms with van der Waals surface area (Å²) in [6, 6.07) is 4.19. The van der Waals surface area contributed by atoms with E-state index >= 15 is 0 Å². The minimum absolute atomic E-state index is 0.100. The highest BCUT2D eigenvalue weighted by molar-refractivity contribution is 5.99. The molecule has 0 aliphatic carbocycles. The molecule has 0 aromatic heterocycles. The Hall–Kier alpha value is -2.22. The standard InChI is InChI=1S/C12H12F2N2O4/c13-12(14,6-17)5-15-11(19)7-1-2-9-8(3-7)16-10(18)4-20-9/h1-3,17H,4-6H2,(H,15,19)(H,16,18). The Balaban J connectivity index is 2.08. The van der Waals surface area contributed by atoms with E-state index in [1.165, 1.54) is 18.2 Å². The molecule has 0 saturated heterocycles. The lowest BCUT2D eigenvalue weighted by Gasteiger charge is -2.19. The van der Waals surface area contributed by atoms with Crippen molar-refractivity contribution in [2.75, 3.05) is 25.1 Å². The van der Waals surface area contributed by atoms with Crippen molar-refractivity contribution in [1.82, 2.24) is 5.32 Å². The molecular formula is C12H12F2N2O4. The lowest BCUT2D eigenvalue weighted by atomic mass is 10.1. The number of carbonyl (C=O) groups is 2. The summed E-state index contributed by atoms with van der Waals surface area (Å²) in [5, 5.41) is 12.9. The summed E-state index contributed by atoms with van der Waals surface area (Å²) in [4.78, 5) is 22.8.